The summed E-state index contributed by atoms with van der Waals surface area (Å²) < 4.78 is 41.7. The van der Waals surface area contributed by atoms with Crippen LogP contribution in [-0.4, -0.2) is 29.5 Å². The van der Waals surface area contributed by atoms with Gasteiger partial charge in [0.15, 0.2) is 6.10 Å². The van der Waals surface area contributed by atoms with Gasteiger partial charge in [-0.3, -0.25) is 4.79 Å². The van der Waals surface area contributed by atoms with E-state index in [-0.39, 0.29) is 6.42 Å². The van der Waals surface area contributed by atoms with Crippen molar-refractivity contribution in [2.75, 3.05) is 0 Å². The Morgan fingerprint density at radius 1 is 1.47 bits per heavy atom. The van der Waals surface area contributed by atoms with Gasteiger partial charge in [-0.1, -0.05) is 0 Å². The van der Waals surface area contributed by atoms with Crippen molar-refractivity contribution < 1.29 is 27.8 Å². The zero-order valence-corrected chi connectivity index (χ0v) is 8.25. The molecule has 0 aromatic carbocycles. The van der Waals surface area contributed by atoms with Crippen LogP contribution in [-0.2, 0) is 9.53 Å². The third-order valence-electron chi connectivity index (χ3n) is 2.61. The molecule has 2 unspecified atom stereocenters. The summed E-state index contributed by atoms with van der Waals surface area (Å²) in [7, 11) is 0. The molecule has 1 fully saturated rings. The molecule has 0 bridgehead atoms. The maximum Gasteiger partial charge on any atom is 0.414 e. The highest BCUT2D eigenvalue weighted by atomic mass is 19.4. The molecule has 1 heterocycles. The lowest BCUT2D eigenvalue weighted by Gasteiger charge is -2.33. The Labute approximate surface area is 85.2 Å². The summed E-state index contributed by atoms with van der Waals surface area (Å²) in [5.74, 6) is -2.02. The van der Waals surface area contributed by atoms with Gasteiger partial charge in [-0.05, 0) is 26.2 Å². The first-order valence-corrected chi connectivity index (χ1v) is 4.77. The summed E-state index contributed by atoms with van der Waals surface area (Å²) in [5.41, 5.74) is 0. The first-order chi connectivity index (χ1) is 6.82. The number of hydrogen-bond donors (Lipinski definition) is 1. The largest absolute Gasteiger partial charge is 0.481 e. The zero-order chi connectivity index (χ0) is 11.6. The Morgan fingerprint density at radius 2 is 2.07 bits per heavy atom. The smallest absolute Gasteiger partial charge is 0.414 e. The van der Waals surface area contributed by atoms with E-state index in [1.54, 1.807) is 0 Å². The van der Waals surface area contributed by atoms with Crippen molar-refractivity contribution in [3.8, 4) is 0 Å². The van der Waals surface area contributed by atoms with E-state index < -0.39 is 30.3 Å². The maximum absolute atomic E-state index is 12.3. The van der Waals surface area contributed by atoms with Gasteiger partial charge in [0, 0.05) is 0 Å². The molecule has 0 radical (unpaired) electrons. The van der Waals surface area contributed by atoms with Gasteiger partial charge in [-0.2, -0.15) is 13.2 Å². The van der Waals surface area contributed by atoms with E-state index in [4.69, 9.17) is 9.84 Å². The highest BCUT2D eigenvalue weighted by Crippen LogP contribution is 2.34. The van der Waals surface area contributed by atoms with Gasteiger partial charge in [0.2, 0.25) is 0 Å². The van der Waals surface area contributed by atoms with Gasteiger partial charge in [-0.15, -0.1) is 0 Å². The number of carbonyl (C=O) groups is 1. The topological polar surface area (TPSA) is 46.5 Å². The van der Waals surface area contributed by atoms with Crippen LogP contribution >= 0.6 is 0 Å². The van der Waals surface area contributed by atoms with E-state index in [1.165, 1.54) is 6.92 Å². The lowest BCUT2D eigenvalue weighted by Crippen LogP contribution is -2.42. The number of halogens is 3. The average molecular weight is 226 g/mol. The fourth-order valence-electron chi connectivity index (χ4n) is 1.62. The Hall–Kier alpha value is -0.780. The SMILES string of the molecule is C[C@H](C(=O)O)C1CCCC(C(F)(F)F)O1. The van der Waals surface area contributed by atoms with Crippen LogP contribution in [0.2, 0.25) is 0 Å². The first-order valence-electron chi connectivity index (χ1n) is 4.77. The second kappa shape index (κ2) is 4.38. The standard InChI is InChI=1S/C9H13F3O3/c1-5(8(13)14)6-3-2-4-7(15-6)9(10,11)12/h5-7H,2-4H2,1H3,(H,13,14)/t5-,6?,7?/m0/s1. The fourth-order valence-corrected chi connectivity index (χ4v) is 1.62. The summed E-state index contributed by atoms with van der Waals surface area (Å²) in [4.78, 5) is 10.6. The Bertz CT molecular complexity index is 239. The van der Waals surface area contributed by atoms with E-state index in [0.29, 0.717) is 12.8 Å². The minimum Gasteiger partial charge on any atom is -0.481 e. The van der Waals surface area contributed by atoms with Crippen LogP contribution < -0.4 is 0 Å². The normalized spacial score (nSPS) is 29.9. The van der Waals surface area contributed by atoms with Gasteiger partial charge in [-0.25, -0.2) is 0 Å². The van der Waals surface area contributed by atoms with Gasteiger partial charge < -0.3 is 9.84 Å². The molecule has 1 aliphatic rings. The van der Waals surface area contributed by atoms with Crippen LogP contribution in [0.5, 0.6) is 0 Å². The molecule has 6 heteroatoms. The highest BCUT2D eigenvalue weighted by Gasteiger charge is 2.45. The number of carboxylic acid groups (broad SMARTS) is 1. The Kier molecular flexibility index (Phi) is 3.59. The number of hydrogen-bond acceptors (Lipinski definition) is 2. The predicted molar refractivity (Wildman–Crippen MR) is 45.4 cm³/mol. The second-order valence-corrected chi connectivity index (χ2v) is 3.76. The van der Waals surface area contributed by atoms with Gasteiger partial charge >= 0.3 is 12.1 Å². The van der Waals surface area contributed by atoms with Crippen molar-refractivity contribution in [3.05, 3.63) is 0 Å². The lowest BCUT2D eigenvalue weighted by atomic mass is 9.95. The summed E-state index contributed by atoms with van der Waals surface area (Å²) in [6.07, 6.45) is -6.38. The maximum atomic E-state index is 12.3. The molecule has 3 nitrogen and oxygen atoms in total. The van der Waals surface area contributed by atoms with Gasteiger partial charge in [0.05, 0.1) is 12.0 Å². The number of ether oxygens (including phenoxy) is 1. The molecular weight excluding hydrogens is 213 g/mol. The highest BCUT2D eigenvalue weighted by molar-refractivity contribution is 5.70. The molecule has 0 spiro atoms. The number of alkyl halides is 3. The van der Waals surface area contributed by atoms with E-state index in [2.05, 4.69) is 0 Å². The van der Waals surface area contributed by atoms with Crippen molar-refractivity contribution in [2.45, 2.75) is 44.6 Å². The molecule has 88 valence electrons. The molecule has 0 aromatic heterocycles. The lowest BCUT2D eigenvalue weighted by molar-refractivity contribution is -0.250. The molecule has 1 aliphatic heterocycles. The molecule has 1 saturated heterocycles. The molecule has 0 aromatic rings. The van der Waals surface area contributed by atoms with Crippen molar-refractivity contribution >= 4 is 5.97 Å². The van der Waals surface area contributed by atoms with Gasteiger partial charge in [0.1, 0.15) is 0 Å². The van der Waals surface area contributed by atoms with Crippen molar-refractivity contribution in [2.24, 2.45) is 5.92 Å². The quantitative estimate of drug-likeness (QED) is 0.785. The van der Waals surface area contributed by atoms with Crippen LogP contribution in [0.3, 0.4) is 0 Å². The monoisotopic (exact) mass is 226 g/mol. The molecule has 0 amide bonds. The number of aliphatic carboxylic acids is 1. The average Bonchev–Trinajstić information content (AvgIpc) is 2.15. The number of carboxylic acids is 1. The molecule has 0 aliphatic carbocycles. The van der Waals surface area contributed by atoms with Crippen LogP contribution in [0.15, 0.2) is 0 Å². The summed E-state index contributed by atoms with van der Waals surface area (Å²) in [5, 5.41) is 8.66. The minimum absolute atomic E-state index is 0.0770. The van der Waals surface area contributed by atoms with E-state index in [1.807, 2.05) is 0 Å². The fraction of sp³-hybridized carbons (Fsp3) is 0.889. The van der Waals surface area contributed by atoms with Crippen LogP contribution in [0.25, 0.3) is 0 Å². The third-order valence-corrected chi connectivity index (χ3v) is 2.61. The molecule has 1 rings (SSSR count). The van der Waals surface area contributed by atoms with Crippen molar-refractivity contribution in [3.63, 3.8) is 0 Å². The van der Waals surface area contributed by atoms with E-state index >= 15 is 0 Å². The zero-order valence-electron chi connectivity index (χ0n) is 8.25. The second-order valence-electron chi connectivity index (χ2n) is 3.76. The Morgan fingerprint density at radius 3 is 2.53 bits per heavy atom. The minimum atomic E-state index is -4.39. The van der Waals surface area contributed by atoms with E-state index in [9.17, 15) is 18.0 Å². The molecular formula is C9H13F3O3. The summed E-state index contributed by atoms with van der Waals surface area (Å²) in [6, 6.07) is 0. The molecule has 3 atom stereocenters. The molecule has 0 saturated carbocycles. The Balaban J connectivity index is 2.60. The molecule has 15 heavy (non-hydrogen) atoms. The van der Waals surface area contributed by atoms with Crippen molar-refractivity contribution in [1.82, 2.24) is 0 Å². The number of rotatable bonds is 2. The van der Waals surface area contributed by atoms with E-state index in [0.717, 1.165) is 0 Å². The summed E-state index contributed by atoms with van der Waals surface area (Å²) in [6.45, 7) is 1.37. The van der Waals surface area contributed by atoms with Crippen LogP contribution in [0, 0.1) is 5.92 Å². The molecule has 1 N–H and O–H groups in total. The van der Waals surface area contributed by atoms with Crippen LogP contribution in [0.1, 0.15) is 26.2 Å². The van der Waals surface area contributed by atoms with Crippen LogP contribution in [0.4, 0.5) is 13.2 Å². The predicted octanol–water partition coefficient (Wildman–Crippen LogP) is 2.21. The van der Waals surface area contributed by atoms with Crippen molar-refractivity contribution in [1.29, 1.82) is 0 Å². The summed E-state index contributed by atoms with van der Waals surface area (Å²) >= 11 is 0. The van der Waals surface area contributed by atoms with Gasteiger partial charge in [0.25, 0.3) is 0 Å². The first kappa shape index (κ1) is 12.3. The third kappa shape index (κ3) is 3.09.